The number of rotatable bonds is 7. The minimum atomic E-state index is -1.06. The van der Waals surface area contributed by atoms with Crippen molar-refractivity contribution in [1.29, 1.82) is 0 Å². The summed E-state index contributed by atoms with van der Waals surface area (Å²) >= 11 is 3.05. The summed E-state index contributed by atoms with van der Waals surface area (Å²) in [5, 5.41) is 3.82. The molecule has 0 spiro atoms. The Kier molecular flexibility index (Phi) is 5.68. The second-order valence-corrected chi connectivity index (χ2v) is 10.0. The molecule has 0 amide bonds. The summed E-state index contributed by atoms with van der Waals surface area (Å²) in [6, 6.07) is 4.07. The number of hydrogen-bond donors (Lipinski definition) is 0. The number of aryl methyl sites for hydroxylation is 1. The van der Waals surface area contributed by atoms with E-state index >= 15 is 0 Å². The molecule has 0 N–H and O–H groups in total. The monoisotopic (exact) mass is 432 g/mol. The first kappa shape index (κ1) is 19.4. The van der Waals surface area contributed by atoms with Gasteiger partial charge in [-0.05, 0) is 25.5 Å². The Hall–Kier alpha value is -1.94. The van der Waals surface area contributed by atoms with E-state index in [9.17, 15) is 4.21 Å². The number of methoxy groups -OCH3 is 1. The molecule has 4 aromatic rings. The Morgan fingerprint density at radius 2 is 2.14 bits per heavy atom. The smallest absolute Gasteiger partial charge is 0.141 e. The van der Waals surface area contributed by atoms with E-state index in [1.165, 1.54) is 11.3 Å². The molecule has 0 radical (unpaired) electrons. The van der Waals surface area contributed by atoms with Gasteiger partial charge in [-0.25, -0.2) is 15.0 Å². The van der Waals surface area contributed by atoms with E-state index in [4.69, 9.17) is 9.72 Å². The maximum Gasteiger partial charge on any atom is 0.141 e. The predicted molar refractivity (Wildman–Crippen MR) is 115 cm³/mol. The van der Waals surface area contributed by atoms with E-state index in [2.05, 4.69) is 20.6 Å². The lowest BCUT2D eigenvalue weighted by Gasteiger charge is -2.07. The topological polar surface area (TPSA) is 69.9 Å². The second kappa shape index (κ2) is 8.20. The first-order chi connectivity index (χ1) is 13.6. The molecule has 1 unspecified atom stereocenters. The quantitative estimate of drug-likeness (QED) is 0.408. The summed E-state index contributed by atoms with van der Waals surface area (Å²) < 4.78 is 20.7. The van der Waals surface area contributed by atoms with Crippen LogP contribution in [-0.2, 0) is 22.6 Å². The van der Waals surface area contributed by atoms with Crippen LogP contribution >= 0.6 is 22.7 Å². The van der Waals surface area contributed by atoms with Crippen molar-refractivity contribution in [2.75, 3.05) is 19.5 Å². The molecule has 0 aliphatic heterocycles. The van der Waals surface area contributed by atoms with Crippen LogP contribution in [0.5, 0.6) is 0 Å². The highest BCUT2D eigenvalue weighted by Gasteiger charge is 2.18. The highest BCUT2D eigenvalue weighted by Crippen LogP contribution is 2.37. The second-order valence-electron chi connectivity index (χ2n) is 6.32. The van der Waals surface area contributed by atoms with Gasteiger partial charge in [0.25, 0.3) is 0 Å². The molecule has 9 heteroatoms. The Morgan fingerprint density at radius 1 is 1.29 bits per heavy atom. The van der Waals surface area contributed by atoms with Crippen molar-refractivity contribution in [2.45, 2.75) is 17.6 Å². The molecule has 0 bridgehead atoms. The van der Waals surface area contributed by atoms with Gasteiger partial charge in [-0.1, -0.05) is 0 Å². The maximum atomic E-state index is 12.7. The summed E-state index contributed by atoms with van der Waals surface area (Å²) in [6.45, 7) is 2.59. The van der Waals surface area contributed by atoms with Gasteiger partial charge in [0.2, 0.25) is 0 Å². The fraction of sp³-hybridized carbons (Fsp3) is 0.316. The number of thiophene rings is 1. The van der Waals surface area contributed by atoms with Crippen molar-refractivity contribution >= 4 is 43.7 Å². The summed E-state index contributed by atoms with van der Waals surface area (Å²) in [5.74, 6) is 1.52. The lowest BCUT2D eigenvalue weighted by atomic mass is 10.1. The Morgan fingerprint density at radius 3 is 2.82 bits per heavy atom. The standard InChI is InChI=1S/C19H20N4O2S3/c1-12-21-11-16(23(12)2)13-9-15(19-20-5-7-26-19)22-18-14(13)10-17(27-18)28(24)8-4-6-25-3/h5,7,9-11H,4,6,8H2,1-3H3. The first-order valence-corrected chi connectivity index (χ1v) is 11.8. The van der Waals surface area contributed by atoms with E-state index in [1.807, 2.05) is 31.6 Å². The normalized spacial score (nSPS) is 12.7. The molecule has 4 aromatic heterocycles. The maximum absolute atomic E-state index is 12.7. The number of fused-ring (bicyclic) bond motifs is 1. The van der Waals surface area contributed by atoms with Crippen molar-refractivity contribution in [3.63, 3.8) is 0 Å². The minimum Gasteiger partial charge on any atom is -0.385 e. The minimum absolute atomic E-state index is 0.583. The van der Waals surface area contributed by atoms with Gasteiger partial charge in [0.15, 0.2) is 0 Å². The van der Waals surface area contributed by atoms with Crippen molar-refractivity contribution < 1.29 is 8.95 Å². The van der Waals surface area contributed by atoms with Gasteiger partial charge in [-0.3, -0.25) is 4.21 Å². The zero-order valence-corrected chi connectivity index (χ0v) is 18.3. The largest absolute Gasteiger partial charge is 0.385 e. The van der Waals surface area contributed by atoms with Gasteiger partial charge < -0.3 is 9.30 Å². The molecule has 4 heterocycles. The van der Waals surface area contributed by atoms with Crippen LogP contribution in [0.15, 0.2) is 34.1 Å². The molecule has 28 heavy (non-hydrogen) atoms. The van der Waals surface area contributed by atoms with Crippen LogP contribution in [-0.4, -0.2) is 43.2 Å². The molecular formula is C19H20N4O2S3. The lowest BCUT2D eigenvalue weighted by Crippen LogP contribution is -1.99. The third-order valence-electron chi connectivity index (χ3n) is 4.53. The molecule has 1 atom stereocenters. The summed E-state index contributed by atoms with van der Waals surface area (Å²) in [4.78, 5) is 14.5. The van der Waals surface area contributed by atoms with Crippen LogP contribution in [0.1, 0.15) is 12.2 Å². The Balaban J connectivity index is 1.85. The van der Waals surface area contributed by atoms with E-state index in [-0.39, 0.29) is 0 Å². The van der Waals surface area contributed by atoms with E-state index in [0.717, 1.165) is 48.6 Å². The fourth-order valence-corrected chi connectivity index (χ4v) is 6.04. The van der Waals surface area contributed by atoms with E-state index in [0.29, 0.717) is 12.4 Å². The average Bonchev–Trinajstić information content (AvgIpc) is 3.42. The molecule has 0 fully saturated rings. The zero-order chi connectivity index (χ0) is 19.7. The van der Waals surface area contributed by atoms with Gasteiger partial charge in [-0.15, -0.1) is 22.7 Å². The number of ether oxygens (including phenoxy) is 1. The average molecular weight is 433 g/mol. The third-order valence-corrected chi connectivity index (χ3v) is 8.19. The van der Waals surface area contributed by atoms with Gasteiger partial charge in [0.05, 0.1) is 26.9 Å². The van der Waals surface area contributed by atoms with Gasteiger partial charge in [0, 0.05) is 49.0 Å². The number of pyridine rings is 1. The zero-order valence-electron chi connectivity index (χ0n) is 15.8. The van der Waals surface area contributed by atoms with Crippen LogP contribution in [0.3, 0.4) is 0 Å². The first-order valence-electron chi connectivity index (χ1n) is 8.79. The molecule has 0 aliphatic rings. The van der Waals surface area contributed by atoms with E-state index < -0.39 is 10.8 Å². The molecule has 0 aromatic carbocycles. The molecule has 0 saturated carbocycles. The van der Waals surface area contributed by atoms with Crippen molar-refractivity contribution in [3.8, 4) is 22.0 Å². The summed E-state index contributed by atoms with van der Waals surface area (Å²) in [7, 11) is 2.60. The molecule has 0 aliphatic carbocycles. The summed E-state index contributed by atoms with van der Waals surface area (Å²) in [5.41, 5.74) is 2.88. The van der Waals surface area contributed by atoms with Crippen molar-refractivity contribution in [3.05, 3.63) is 35.7 Å². The van der Waals surface area contributed by atoms with Gasteiger partial charge in [0.1, 0.15) is 21.4 Å². The molecule has 0 saturated heterocycles. The van der Waals surface area contributed by atoms with Crippen LogP contribution in [0.4, 0.5) is 0 Å². The fourth-order valence-electron chi connectivity index (χ4n) is 2.96. The number of aromatic nitrogens is 4. The van der Waals surface area contributed by atoms with Gasteiger partial charge >= 0.3 is 0 Å². The molecule has 6 nitrogen and oxygen atoms in total. The lowest BCUT2D eigenvalue weighted by molar-refractivity contribution is 0.200. The Labute approximate surface area is 173 Å². The molecule has 146 valence electrons. The van der Waals surface area contributed by atoms with E-state index in [1.54, 1.807) is 24.6 Å². The Bertz CT molecular complexity index is 1130. The molecule has 4 rings (SSSR count). The number of thiazole rings is 1. The van der Waals surface area contributed by atoms with Gasteiger partial charge in [-0.2, -0.15) is 0 Å². The highest BCUT2D eigenvalue weighted by molar-refractivity contribution is 7.87. The number of imidazole rings is 1. The van der Waals surface area contributed by atoms with Crippen LogP contribution in [0, 0.1) is 6.92 Å². The van der Waals surface area contributed by atoms with Crippen LogP contribution < -0.4 is 0 Å². The van der Waals surface area contributed by atoms with Crippen LogP contribution in [0.25, 0.3) is 32.2 Å². The molecular weight excluding hydrogens is 412 g/mol. The number of nitrogens with zero attached hydrogens (tertiary/aromatic N) is 4. The number of hydrogen-bond acceptors (Lipinski definition) is 7. The van der Waals surface area contributed by atoms with Crippen molar-refractivity contribution in [2.24, 2.45) is 7.05 Å². The predicted octanol–water partition coefficient (Wildman–Crippen LogP) is 4.27. The summed E-state index contributed by atoms with van der Waals surface area (Å²) in [6.07, 6.45) is 4.43. The highest BCUT2D eigenvalue weighted by atomic mass is 32.2. The third kappa shape index (κ3) is 3.67. The van der Waals surface area contributed by atoms with Crippen molar-refractivity contribution in [1.82, 2.24) is 19.5 Å². The van der Waals surface area contributed by atoms with Crippen LogP contribution in [0.2, 0.25) is 0 Å². The SMILES string of the molecule is COCCCS(=O)c1cc2c(-c3cnc(C)n3C)cc(-c3nccs3)nc2s1.